The van der Waals surface area contributed by atoms with E-state index >= 15 is 0 Å². The van der Waals surface area contributed by atoms with Crippen LogP contribution in [0.15, 0.2) is 24.3 Å². The summed E-state index contributed by atoms with van der Waals surface area (Å²) in [5.41, 5.74) is 1.11. The number of ether oxygens (including phenoxy) is 1. The molecule has 18 heavy (non-hydrogen) atoms. The minimum absolute atomic E-state index is 0.183. The van der Waals surface area contributed by atoms with Crippen molar-refractivity contribution in [3.63, 3.8) is 0 Å². The zero-order chi connectivity index (χ0) is 13.1. The van der Waals surface area contributed by atoms with E-state index in [0.29, 0.717) is 5.92 Å². The fourth-order valence-electron chi connectivity index (χ4n) is 2.06. The van der Waals surface area contributed by atoms with Crippen LogP contribution in [0.1, 0.15) is 38.2 Å². The average Bonchev–Trinajstić information content (AvgIpc) is 3.09. The largest absolute Gasteiger partial charge is 0.494 e. The second-order valence-electron chi connectivity index (χ2n) is 5.39. The standard InChI is InChI=1S/C15H20O3/c1-10(2)7-8-18-12-5-3-11(4-6-12)13-9-14(13)15(16)17/h3-6,10,13-14H,7-9H2,1-2H3,(H,16,17). The Morgan fingerprint density at radius 1 is 1.39 bits per heavy atom. The van der Waals surface area contributed by atoms with Crippen molar-refractivity contribution in [2.45, 2.75) is 32.6 Å². The van der Waals surface area contributed by atoms with Crippen LogP contribution in [-0.4, -0.2) is 17.7 Å². The van der Waals surface area contributed by atoms with E-state index in [1.165, 1.54) is 0 Å². The molecule has 0 heterocycles. The highest BCUT2D eigenvalue weighted by Gasteiger charge is 2.43. The van der Waals surface area contributed by atoms with Gasteiger partial charge in [0.2, 0.25) is 0 Å². The molecule has 1 aromatic rings. The molecule has 0 aromatic heterocycles. The summed E-state index contributed by atoms with van der Waals surface area (Å²) in [6.07, 6.45) is 1.81. The first-order chi connectivity index (χ1) is 8.58. The second-order valence-corrected chi connectivity index (χ2v) is 5.39. The van der Waals surface area contributed by atoms with Gasteiger partial charge < -0.3 is 9.84 Å². The van der Waals surface area contributed by atoms with Crippen LogP contribution in [0.5, 0.6) is 5.75 Å². The zero-order valence-electron chi connectivity index (χ0n) is 10.9. The van der Waals surface area contributed by atoms with Crippen molar-refractivity contribution in [2.75, 3.05) is 6.61 Å². The highest BCUT2D eigenvalue weighted by Crippen LogP contribution is 2.47. The van der Waals surface area contributed by atoms with Gasteiger partial charge in [-0.05, 0) is 42.4 Å². The maximum Gasteiger partial charge on any atom is 0.307 e. The maximum atomic E-state index is 10.8. The molecule has 3 heteroatoms. The van der Waals surface area contributed by atoms with Gasteiger partial charge in [-0.1, -0.05) is 26.0 Å². The minimum atomic E-state index is -0.683. The van der Waals surface area contributed by atoms with Crippen LogP contribution in [0.2, 0.25) is 0 Å². The summed E-state index contributed by atoms with van der Waals surface area (Å²) in [6.45, 7) is 5.08. The average molecular weight is 248 g/mol. The maximum absolute atomic E-state index is 10.8. The van der Waals surface area contributed by atoms with Gasteiger partial charge in [0, 0.05) is 0 Å². The number of aliphatic carboxylic acids is 1. The number of rotatable bonds is 6. The Morgan fingerprint density at radius 2 is 2.06 bits per heavy atom. The van der Waals surface area contributed by atoms with Gasteiger partial charge in [0.15, 0.2) is 0 Å². The Kier molecular flexibility index (Phi) is 3.90. The van der Waals surface area contributed by atoms with Gasteiger partial charge >= 0.3 is 5.97 Å². The number of hydrogen-bond acceptors (Lipinski definition) is 2. The third-order valence-corrected chi connectivity index (χ3v) is 3.38. The molecular formula is C15H20O3. The molecule has 2 atom stereocenters. The van der Waals surface area contributed by atoms with Crippen LogP contribution in [0.3, 0.4) is 0 Å². The van der Waals surface area contributed by atoms with E-state index in [0.717, 1.165) is 30.8 Å². The van der Waals surface area contributed by atoms with Crippen LogP contribution in [0.25, 0.3) is 0 Å². The number of carbonyl (C=O) groups is 1. The molecule has 1 aromatic carbocycles. The van der Waals surface area contributed by atoms with Crippen LogP contribution < -0.4 is 4.74 Å². The SMILES string of the molecule is CC(C)CCOc1ccc(C2CC2C(=O)O)cc1. The van der Waals surface area contributed by atoms with E-state index in [2.05, 4.69) is 13.8 Å². The molecule has 0 spiro atoms. The fraction of sp³-hybridized carbons (Fsp3) is 0.533. The summed E-state index contributed by atoms with van der Waals surface area (Å²) in [6, 6.07) is 7.84. The van der Waals surface area contributed by atoms with E-state index in [9.17, 15) is 4.79 Å². The fourth-order valence-corrected chi connectivity index (χ4v) is 2.06. The van der Waals surface area contributed by atoms with E-state index in [-0.39, 0.29) is 11.8 Å². The van der Waals surface area contributed by atoms with Crippen molar-refractivity contribution in [3.05, 3.63) is 29.8 Å². The molecule has 3 nitrogen and oxygen atoms in total. The summed E-state index contributed by atoms with van der Waals surface area (Å²) >= 11 is 0. The zero-order valence-corrected chi connectivity index (χ0v) is 10.9. The van der Waals surface area contributed by atoms with Gasteiger partial charge in [-0.25, -0.2) is 0 Å². The van der Waals surface area contributed by atoms with Crippen LogP contribution in [0.4, 0.5) is 0 Å². The number of hydrogen-bond donors (Lipinski definition) is 1. The molecule has 1 aliphatic carbocycles. The van der Waals surface area contributed by atoms with Crippen LogP contribution in [0, 0.1) is 11.8 Å². The van der Waals surface area contributed by atoms with Crippen molar-refractivity contribution < 1.29 is 14.6 Å². The lowest BCUT2D eigenvalue weighted by Crippen LogP contribution is -2.01. The van der Waals surface area contributed by atoms with Crippen molar-refractivity contribution in [1.29, 1.82) is 0 Å². The smallest absolute Gasteiger partial charge is 0.307 e. The highest BCUT2D eigenvalue weighted by molar-refractivity contribution is 5.75. The van der Waals surface area contributed by atoms with Crippen LogP contribution >= 0.6 is 0 Å². The monoisotopic (exact) mass is 248 g/mol. The molecule has 2 unspecified atom stereocenters. The van der Waals surface area contributed by atoms with Gasteiger partial charge in [0.25, 0.3) is 0 Å². The summed E-state index contributed by atoms with van der Waals surface area (Å²) in [5, 5.41) is 8.88. The second kappa shape index (κ2) is 5.42. The van der Waals surface area contributed by atoms with Gasteiger partial charge in [-0.2, -0.15) is 0 Å². The van der Waals surface area contributed by atoms with Crippen molar-refractivity contribution >= 4 is 5.97 Å². The summed E-state index contributed by atoms with van der Waals surface area (Å²) in [4.78, 5) is 10.8. The Balaban J connectivity index is 1.85. The van der Waals surface area contributed by atoms with Crippen molar-refractivity contribution in [1.82, 2.24) is 0 Å². The lowest BCUT2D eigenvalue weighted by atomic mass is 10.1. The lowest BCUT2D eigenvalue weighted by Gasteiger charge is -2.08. The Morgan fingerprint density at radius 3 is 2.56 bits per heavy atom. The third-order valence-electron chi connectivity index (χ3n) is 3.38. The van der Waals surface area contributed by atoms with Gasteiger partial charge in [0.05, 0.1) is 12.5 Å². The van der Waals surface area contributed by atoms with Crippen molar-refractivity contribution in [2.24, 2.45) is 11.8 Å². The first-order valence-electron chi connectivity index (χ1n) is 6.53. The first-order valence-corrected chi connectivity index (χ1v) is 6.53. The molecule has 0 radical (unpaired) electrons. The number of benzene rings is 1. The van der Waals surface area contributed by atoms with E-state index in [4.69, 9.17) is 9.84 Å². The molecule has 0 aliphatic heterocycles. The van der Waals surface area contributed by atoms with Gasteiger partial charge in [-0.3, -0.25) is 4.79 Å². The predicted molar refractivity (Wildman–Crippen MR) is 69.9 cm³/mol. The van der Waals surface area contributed by atoms with E-state index < -0.39 is 5.97 Å². The normalized spacial score (nSPS) is 21.9. The number of carboxylic acid groups (broad SMARTS) is 1. The molecule has 1 fully saturated rings. The Hall–Kier alpha value is -1.51. The Labute approximate surface area is 108 Å². The molecule has 2 rings (SSSR count). The summed E-state index contributed by atoms with van der Waals surface area (Å²) < 4.78 is 5.63. The lowest BCUT2D eigenvalue weighted by molar-refractivity contribution is -0.138. The Bertz CT molecular complexity index is 408. The molecule has 0 bridgehead atoms. The molecule has 0 amide bonds. The first kappa shape index (κ1) is 12.9. The third kappa shape index (κ3) is 3.25. The molecule has 98 valence electrons. The summed E-state index contributed by atoms with van der Waals surface area (Å²) in [5.74, 6) is 0.848. The topological polar surface area (TPSA) is 46.5 Å². The van der Waals surface area contributed by atoms with E-state index in [1.54, 1.807) is 0 Å². The van der Waals surface area contributed by atoms with Crippen LogP contribution in [-0.2, 0) is 4.79 Å². The molecular weight excluding hydrogens is 228 g/mol. The van der Waals surface area contributed by atoms with Crippen molar-refractivity contribution in [3.8, 4) is 5.75 Å². The molecule has 1 saturated carbocycles. The number of carboxylic acids is 1. The molecule has 1 N–H and O–H groups in total. The highest BCUT2D eigenvalue weighted by atomic mass is 16.5. The van der Waals surface area contributed by atoms with Gasteiger partial charge in [-0.15, -0.1) is 0 Å². The molecule has 1 aliphatic rings. The quantitative estimate of drug-likeness (QED) is 0.840. The van der Waals surface area contributed by atoms with Gasteiger partial charge in [0.1, 0.15) is 5.75 Å². The summed E-state index contributed by atoms with van der Waals surface area (Å²) in [7, 11) is 0. The van der Waals surface area contributed by atoms with E-state index in [1.807, 2.05) is 24.3 Å². The predicted octanol–water partition coefficient (Wildman–Crippen LogP) is 3.30. The molecule has 0 saturated heterocycles. The minimum Gasteiger partial charge on any atom is -0.494 e.